The highest BCUT2D eigenvalue weighted by atomic mass is 79.9. The summed E-state index contributed by atoms with van der Waals surface area (Å²) in [5.74, 6) is -0.872. The lowest BCUT2D eigenvalue weighted by molar-refractivity contribution is -0.145. The molecule has 0 fully saturated rings. The van der Waals surface area contributed by atoms with Crippen molar-refractivity contribution in [3.63, 3.8) is 0 Å². The average Bonchev–Trinajstić information content (AvgIpc) is 2.34. The van der Waals surface area contributed by atoms with E-state index in [1.165, 1.54) is 6.07 Å². The van der Waals surface area contributed by atoms with E-state index in [0.717, 1.165) is 10.9 Å². The van der Waals surface area contributed by atoms with Crippen LogP contribution in [0, 0.1) is 5.82 Å². The molecule has 0 aliphatic rings. The predicted molar refractivity (Wildman–Crippen MR) is 71.8 cm³/mol. The smallest absolute Gasteiger partial charge is 0.327 e. The van der Waals surface area contributed by atoms with Crippen LogP contribution in [0.3, 0.4) is 0 Å². The van der Waals surface area contributed by atoms with E-state index in [4.69, 9.17) is 4.74 Å². The van der Waals surface area contributed by atoms with Crippen molar-refractivity contribution in [2.24, 2.45) is 0 Å². The average molecular weight is 318 g/mol. The maximum absolute atomic E-state index is 13.8. The molecule has 0 spiro atoms. The van der Waals surface area contributed by atoms with Gasteiger partial charge in [-0.3, -0.25) is 0 Å². The first-order valence-electron chi connectivity index (χ1n) is 5.95. The predicted octanol–water partition coefficient (Wildman–Crippen LogP) is 3.19. The van der Waals surface area contributed by atoms with Gasteiger partial charge in [-0.25, -0.2) is 9.18 Å². The summed E-state index contributed by atoms with van der Waals surface area (Å²) in [7, 11) is 0. The Balaban J connectivity index is 3.00. The number of esters is 1. The lowest BCUT2D eigenvalue weighted by Crippen LogP contribution is -2.31. The second-order valence-corrected chi connectivity index (χ2v) is 4.72. The standard InChI is InChI=1S/C13H17BrFNO2/c1-3-7-16-12(13(17)18-4-2)10-8-9(14)5-6-11(10)15/h5-6,8,12,16H,3-4,7H2,1-2H3. The van der Waals surface area contributed by atoms with Crippen LogP contribution in [-0.2, 0) is 9.53 Å². The number of ether oxygens (including phenoxy) is 1. The summed E-state index contributed by atoms with van der Waals surface area (Å²) in [6.45, 7) is 4.60. The van der Waals surface area contributed by atoms with Crippen LogP contribution in [-0.4, -0.2) is 19.1 Å². The molecule has 3 nitrogen and oxygen atoms in total. The Kier molecular flexibility index (Phi) is 6.29. The van der Waals surface area contributed by atoms with E-state index in [-0.39, 0.29) is 6.61 Å². The van der Waals surface area contributed by atoms with Gasteiger partial charge >= 0.3 is 5.97 Å². The van der Waals surface area contributed by atoms with Gasteiger partial charge in [0.05, 0.1) is 6.61 Å². The molecular weight excluding hydrogens is 301 g/mol. The number of carbonyl (C=O) groups excluding carboxylic acids is 1. The van der Waals surface area contributed by atoms with E-state index in [2.05, 4.69) is 21.2 Å². The molecule has 0 heterocycles. The van der Waals surface area contributed by atoms with Crippen LogP contribution in [0.15, 0.2) is 22.7 Å². The zero-order valence-corrected chi connectivity index (χ0v) is 12.1. The van der Waals surface area contributed by atoms with Crippen molar-refractivity contribution in [3.8, 4) is 0 Å². The Labute approximate surface area is 115 Å². The van der Waals surface area contributed by atoms with E-state index in [1.54, 1.807) is 19.1 Å². The molecule has 0 radical (unpaired) electrons. The number of nitrogens with one attached hydrogen (secondary N) is 1. The molecule has 0 aliphatic heterocycles. The van der Waals surface area contributed by atoms with Crippen LogP contribution in [0.5, 0.6) is 0 Å². The summed E-state index contributed by atoms with van der Waals surface area (Å²) in [4.78, 5) is 11.8. The number of hydrogen-bond acceptors (Lipinski definition) is 3. The first kappa shape index (κ1) is 15.1. The molecular formula is C13H17BrFNO2. The number of benzene rings is 1. The van der Waals surface area contributed by atoms with Crippen molar-refractivity contribution in [2.45, 2.75) is 26.3 Å². The molecule has 0 saturated carbocycles. The molecule has 1 atom stereocenters. The first-order valence-corrected chi connectivity index (χ1v) is 6.74. The maximum Gasteiger partial charge on any atom is 0.327 e. The molecule has 0 saturated heterocycles. The van der Waals surface area contributed by atoms with Crippen LogP contribution < -0.4 is 5.32 Å². The fraction of sp³-hybridized carbons (Fsp3) is 0.462. The van der Waals surface area contributed by atoms with Gasteiger partial charge in [-0.1, -0.05) is 22.9 Å². The Hall–Kier alpha value is -0.940. The SMILES string of the molecule is CCCNC(C(=O)OCC)c1cc(Br)ccc1F. The normalized spacial score (nSPS) is 12.2. The summed E-state index contributed by atoms with van der Waals surface area (Å²) in [6.07, 6.45) is 0.853. The van der Waals surface area contributed by atoms with Crippen LogP contribution in [0.25, 0.3) is 0 Å². The number of carbonyl (C=O) groups is 1. The fourth-order valence-electron chi connectivity index (χ4n) is 1.57. The summed E-state index contributed by atoms with van der Waals surface area (Å²) in [6, 6.07) is 3.77. The monoisotopic (exact) mass is 317 g/mol. The zero-order chi connectivity index (χ0) is 13.5. The van der Waals surface area contributed by atoms with Crippen LogP contribution in [0.4, 0.5) is 4.39 Å². The van der Waals surface area contributed by atoms with Gasteiger partial charge in [0.15, 0.2) is 0 Å². The lowest BCUT2D eigenvalue weighted by Gasteiger charge is -2.18. The molecule has 0 aliphatic carbocycles. The molecule has 0 aromatic heterocycles. The maximum atomic E-state index is 13.8. The third-order valence-corrected chi connectivity index (χ3v) is 2.88. The Morgan fingerprint density at radius 3 is 2.83 bits per heavy atom. The molecule has 0 bridgehead atoms. The van der Waals surface area contributed by atoms with Crippen molar-refractivity contribution in [2.75, 3.05) is 13.2 Å². The highest BCUT2D eigenvalue weighted by Gasteiger charge is 2.24. The molecule has 1 rings (SSSR count). The van der Waals surface area contributed by atoms with Crippen LogP contribution in [0.1, 0.15) is 31.9 Å². The third kappa shape index (κ3) is 4.07. The number of hydrogen-bond donors (Lipinski definition) is 1. The van der Waals surface area contributed by atoms with Crippen molar-refractivity contribution in [1.29, 1.82) is 0 Å². The second-order valence-electron chi connectivity index (χ2n) is 3.81. The minimum Gasteiger partial charge on any atom is -0.465 e. The minimum absolute atomic E-state index is 0.277. The van der Waals surface area contributed by atoms with Crippen LogP contribution >= 0.6 is 15.9 Å². The fourth-order valence-corrected chi connectivity index (χ4v) is 1.95. The molecule has 0 amide bonds. The molecule has 1 N–H and O–H groups in total. The molecule has 100 valence electrons. The quantitative estimate of drug-likeness (QED) is 0.819. The van der Waals surface area contributed by atoms with Crippen molar-refractivity contribution >= 4 is 21.9 Å². The van der Waals surface area contributed by atoms with E-state index in [9.17, 15) is 9.18 Å². The largest absolute Gasteiger partial charge is 0.465 e. The van der Waals surface area contributed by atoms with E-state index < -0.39 is 17.8 Å². The van der Waals surface area contributed by atoms with Gasteiger partial charge in [0, 0.05) is 10.0 Å². The van der Waals surface area contributed by atoms with Crippen molar-refractivity contribution < 1.29 is 13.9 Å². The Bertz CT molecular complexity index is 412. The van der Waals surface area contributed by atoms with E-state index in [0.29, 0.717) is 12.1 Å². The molecule has 1 aromatic carbocycles. The molecule has 18 heavy (non-hydrogen) atoms. The summed E-state index contributed by atoms with van der Waals surface area (Å²) in [5.41, 5.74) is 0.302. The summed E-state index contributed by atoms with van der Waals surface area (Å²) >= 11 is 3.27. The van der Waals surface area contributed by atoms with Crippen molar-refractivity contribution in [3.05, 3.63) is 34.1 Å². The van der Waals surface area contributed by atoms with Gasteiger partial charge in [0.25, 0.3) is 0 Å². The Morgan fingerprint density at radius 1 is 1.50 bits per heavy atom. The lowest BCUT2D eigenvalue weighted by atomic mass is 10.1. The zero-order valence-electron chi connectivity index (χ0n) is 10.5. The van der Waals surface area contributed by atoms with Gasteiger partial charge in [-0.2, -0.15) is 0 Å². The minimum atomic E-state index is -0.762. The van der Waals surface area contributed by atoms with Gasteiger partial charge in [-0.05, 0) is 38.1 Å². The van der Waals surface area contributed by atoms with E-state index >= 15 is 0 Å². The molecule has 5 heteroatoms. The summed E-state index contributed by atoms with van der Waals surface area (Å²) < 4.78 is 19.5. The number of halogens is 2. The third-order valence-electron chi connectivity index (χ3n) is 2.39. The first-order chi connectivity index (χ1) is 8.60. The topological polar surface area (TPSA) is 38.3 Å². The highest BCUT2D eigenvalue weighted by molar-refractivity contribution is 9.10. The Morgan fingerprint density at radius 2 is 2.22 bits per heavy atom. The van der Waals surface area contributed by atoms with E-state index in [1.807, 2.05) is 6.92 Å². The van der Waals surface area contributed by atoms with Gasteiger partial charge in [0.1, 0.15) is 11.9 Å². The van der Waals surface area contributed by atoms with Gasteiger partial charge in [-0.15, -0.1) is 0 Å². The second kappa shape index (κ2) is 7.48. The molecule has 1 unspecified atom stereocenters. The van der Waals surface area contributed by atoms with Crippen molar-refractivity contribution in [1.82, 2.24) is 5.32 Å². The van der Waals surface area contributed by atoms with Crippen LogP contribution in [0.2, 0.25) is 0 Å². The molecule has 1 aromatic rings. The number of rotatable bonds is 6. The summed E-state index contributed by atoms with van der Waals surface area (Å²) in [5, 5.41) is 3.00. The highest BCUT2D eigenvalue weighted by Crippen LogP contribution is 2.23. The van der Waals surface area contributed by atoms with Gasteiger partial charge < -0.3 is 10.1 Å². The van der Waals surface area contributed by atoms with Gasteiger partial charge in [0.2, 0.25) is 0 Å².